The lowest BCUT2D eigenvalue weighted by Crippen LogP contribution is -2.33. The van der Waals surface area contributed by atoms with Gasteiger partial charge < -0.3 is 0 Å². The van der Waals surface area contributed by atoms with Crippen LogP contribution in [-0.4, -0.2) is 11.8 Å². The van der Waals surface area contributed by atoms with Crippen LogP contribution < -0.4 is 4.90 Å². The third kappa shape index (κ3) is 1.63. The average molecular weight is 314 g/mol. The topological polar surface area (TPSA) is 37.4 Å². The molecule has 2 bridgehead atoms. The molecule has 4 heteroatoms. The van der Waals surface area contributed by atoms with E-state index in [9.17, 15) is 9.59 Å². The van der Waals surface area contributed by atoms with Crippen molar-refractivity contribution < 1.29 is 9.59 Å². The van der Waals surface area contributed by atoms with Crippen LogP contribution in [0.15, 0.2) is 47.6 Å². The molecule has 1 saturated carbocycles. The van der Waals surface area contributed by atoms with Crippen molar-refractivity contribution in [3.63, 3.8) is 0 Å². The maximum Gasteiger partial charge on any atom is 0.238 e. The fourth-order valence-corrected chi connectivity index (χ4v) is 4.48. The summed E-state index contributed by atoms with van der Waals surface area (Å²) in [5.74, 6) is -0.500. The predicted octanol–water partition coefficient (Wildman–Crippen LogP) is 3.60. The number of benzene rings is 1. The molecule has 2 amide bonds. The number of halogens is 1. The Kier molecular flexibility index (Phi) is 2.85. The predicted molar refractivity (Wildman–Crippen MR) is 85.4 cm³/mol. The molecule has 4 rings (SSSR count). The molecule has 1 aromatic rings. The molecule has 0 spiro atoms. The molecule has 112 valence electrons. The Morgan fingerprint density at radius 1 is 1.05 bits per heavy atom. The summed E-state index contributed by atoms with van der Waals surface area (Å²) in [6.07, 6.45) is 4.20. The first kappa shape index (κ1) is 13.8. The summed E-state index contributed by atoms with van der Waals surface area (Å²) in [4.78, 5) is 27.1. The molecule has 0 N–H and O–H groups in total. The van der Waals surface area contributed by atoms with E-state index in [0.717, 1.165) is 0 Å². The van der Waals surface area contributed by atoms with Gasteiger partial charge >= 0.3 is 0 Å². The number of imide groups is 1. The van der Waals surface area contributed by atoms with Crippen molar-refractivity contribution >= 4 is 29.1 Å². The molecule has 2 fully saturated rings. The number of carbonyl (C=O) groups is 2. The second kappa shape index (κ2) is 4.56. The highest BCUT2D eigenvalue weighted by Gasteiger charge is 2.61. The van der Waals surface area contributed by atoms with Crippen LogP contribution in [-0.2, 0) is 9.59 Å². The van der Waals surface area contributed by atoms with Crippen molar-refractivity contribution in [2.45, 2.75) is 13.8 Å². The highest BCUT2D eigenvalue weighted by Crippen LogP contribution is 2.57. The normalized spacial score (nSPS) is 32.1. The molecule has 3 nitrogen and oxygen atoms in total. The Morgan fingerprint density at radius 3 is 2.14 bits per heavy atom. The van der Waals surface area contributed by atoms with Crippen molar-refractivity contribution in [2.24, 2.45) is 23.7 Å². The fourth-order valence-electron chi connectivity index (χ4n) is 4.30. The third-order valence-corrected chi connectivity index (χ3v) is 5.29. The summed E-state index contributed by atoms with van der Waals surface area (Å²) in [6.45, 7) is 4.13. The zero-order chi connectivity index (χ0) is 15.6. The van der Waals surface area contributed by atoms with Crippen molar-refractivity contribution in [3.8, 4) is 0 Å². The van der Waals surface area contributed by atoms with Gasteiger partial charge in [-0.2, -0.15) is 0 Å². The molecular weight excluding hydrogens is 298 g/mol. The molecule has 1 heterocycles. The van der Waals surface area contributed by atoms with Crippen LogP contribution in [0, 0.1) is 23.7 Å². The van der Waals surface area contributed by atoms with Gasteiger partial charge in [0.05, 0.1) is 17.5 Å². The van der Waals surface area contributed by atoms with Crippen molar-refractivity contribution in [2.75, 3.05) is 4.90 Å². The lowest BCUT2D eigenvalue weighted by molar-refractivity contribution is -0.122. The Labute approximate surface area is 134 Å². The maximum atomic E-state index is 12.9. The van der Waals surface area contributed by atoms with Gasteiger partial charge in [-0.05, 0) is 32.0 Å². The molecule has 3 aliphatic rings. The van der Waals surface area contributed by atoms with Gasteiger partial charge in [0.2, 0.25) is 11.8 Å². The highest BCUT2D eigenvalue weighted by atomic mass is 35.5. The second-order valence-electron chi connectivity index (χ2n) is 6.44. The number of rotatable bonds is 1. The summed E-state index contributed by atoms with van der Waals surface area (Å²) in [5.41, 5.74) is 3.07. The summed E-state index contributed by atoms with van der Waals surface area (Å²) in [5, 5.41) is 0.529. The Bertz CT molecular complexity index is 726. The summed E-state index contributed by atoms with van der Waals surface area (Å²) < 4.78 is 0. The minimum Gasteiger partial charge on any atom is -0.274 e. The molecule has 0 unspecified atom stereocenters. The lowest BCUT2D eigenvalue weighted by atomic mass is 9.85. The van der Waals surface area contributed by atoms with Gasteiger partial charge in [-0.15, -0.1) is 0 Å². The number of nitrogens with zero attached hydrogens (tertiary/aromatic N) is 1. The van der Waals surface area contributed by atoms with Gasteiger partial charge in [0.25, 0.3) is 0 Å². The summed E-state index contributed by atoms with van der Waals surface area (Å²) in [7, 11) is 0. The monoisotopic (exact) mass is 313 g/mol. The number of carbonyl (C=O) groups excluding carboxylic acids is 2. The molecule has 2 aliphatic carbocycles. The fraction of sp³-hybridized carbons (Fsp3) is 0.333. The highest BCUT2D eigenvalue weighted by molar-refractivity contribution is 6.31. The lowest BCUT2D eigenvalue weighted by Gasteiger charge is -2.19. The quantitative estimate of drug-likeness (QED) is 0.587. The van der Waals surface area contributed by atoms with E-state index in [1.54, 1.807) is 24.3 Å². The number of fused-ring (bicyclic) bond motifs is 5. The maximum absolute atomic E-state index is 12.9. The van der Waals surface area contributed by atoms with Gasteiger partial charge in [0.1, 0.15) is 0 Å². The second-order valence-corrected chi connectivity index (χ2v) is 6.87. The number of amides is 2. The Balaban J connectivity index is 1.78. The zero-order valence-electron chi connectivity index (χ0n) is 12.4. The van der Waals surface area contributed by atoms with E-state index in [1.165, 1.54) is 16.0 Å². The Morgan fingerprint density at radius 2 is 1.64 bits per heavy atom. The summed E-state index contributed by atoms with van der Waals surface area (Å²) >= 11 is 6.00. The average Bonchev–Trinajstić information content (AvgIpc) is 3.09. The van der Waals surface area contributed by atoms with Crippen LogP contribution in [0.3, 0.4) is 0 Å². The molecule has 4 atom stereocenters. The first-order valence-corrected chi connectivity index (χ1v) is 7.87. The van der Waals surface area contributed by atoms with Gasteiger partial charge in [-0.3, -0.25) is 9.59 Å². The summed E-state index contributed by atoms with van der Waals surface area (Å²) in [6, 6.07) is 6.94. The minimum absolute atomic E-state index is 0.0839. The molecule has 1 aromatic carbocycles. The molecular formula is C18H16ClNO2. The van der Waals surface area contributed by atoms with E-state index < -0.39 is 0 Å². The van der Waals surface area contributed by atoms with Crippen molar-refractivity contribution in [1.29, 1.82) is 0 Å². The molecule has 0 aromatic heterocycles. The van der Waals surface area contributed by atoms with E-state index >= 15 is 0 Å². The van der Waals surface area contributed by atoms with Crippen LogP contribution in [0.2, 0.25) is 5.02 Å². The molecule has 1 saturated heterocycles. The van der Waals surface area contributed by atoms with E-state index in [-0.39, 0.29) is 35.5 Å². The third-order valence-electron chi connectivity index (χ3n) is 5.06. The Hall–Kier alpha value is -1.87. The van der Waals surface area contributed by atoms with Crippen LogP contribution in [0.1, 0.15) is 13.8 Å². The SMILES string of the molecule is CC(C)=C1[C@H]2C=C[C@H]1[C@@H]1C(=O)N(c3cccc(Cl)c3)C(=O)[C@H]12. The van der Waals surface area contributed by atoms with E-state index in [1.807, 2.05) is 0 Å². The van der Waals surface area contributed by atoms with Crippen LogP contribution in [0.25, 0.3) is 0 Å². The van der Waals surface area contributed by atoms with Crippen LogP contribution in [0.4, 0.5) is 5.69 Å². The van der Waals surface area contributed by atoms with Gasteiger partial charge in [0, 0.05) is 16.9 Å². The molecule has 1 aliphatic heterocycles. The van der Waals surface area contributed by atoms with E-state index in [4.69, 9.17) is 11.6 Å². The number of anilines is 1. The van der Waals surface area contributed by atoms with Crippen LogP contribution in [0.5, 0.6) is 0 Å². The first-order chi connectivity index (χ1) is 10.5. The van der Waals surface area contributed by atoms with E-state index in [0.29, 0.717) is 10.7 Å². The molecule has 22 heavy (non-hydrogen) atoms. The van der Waals surface area contributed by atoms with Crippen LogP contribution >= 0.6 is 11.6 Å². The standard InChI is InChI=1S/C18H16ClNO2/c1-9(2)14-12-6-7-13(14)16-15(12)17(21)20(18(16)22)11-5-3-4-10(19)8-11/h3-8,12-13,15-16H,1-2H3/t12-,13-,15+,16+/m1/s1. The van der Waals surface area contributed by atoms with Gasteiger partial charge in [-0.25, -0.2) is 4.90 Å². The number of hydrogen-bond donors (Lipinski definition) is 0. The first-order valence-electron chi connectivity index (χ1n) is 7.49. The van der Waals surface area contributed by atoms with Gasteiger partial charge in [0.15, 0.2) is 0 Å². The minimum atomic E-state index is -0.244. The number of allylic oxidation sites excluding steroid dienone is 4. The van der Waals surface area contributed by atoms with Crippen molar-refractivity contribution in [3.05, 3.63) is 52.6 Å². The zero-order valence-corrected chi connectivity index (χ0v) is 13.2. The smallest absolute Gasteiger partial charge is 0.238 e. The van der Waals surface area contributed by atoms with Crippen molar-refractivity contribution in [1.82, 2.24) is 0 Å². The van der Waals surface area contributed by atoms with Gasteiger partial charge in [-0.1, -0.05) is 41.0 Å². The largest absolute Gasteiger partial charge is 0.274 e. The molecule has 0 radical (unpaired) electrons. The van der Waals surface area contributed by atoms with E-state index in [2.05, 4.69) is 26.0 Å². The number of hydrogen-bond acceptors (Lipinski definition) is 2.